The molecule has 0 saturated heterocycles. The first-order chi connectivity index (χ1) is 12.6. The molecule has 27 heavy (non-hydrogen) atoms. The number of nitrogens with one attached hydrogen (secondary N) is 1. The first-order valence-corrected chi connectivity index (χ1v) is 8.80. The minimum absolute atomic E-state index is 0.0655. The van der Waals surface area contributed by atoms with E-state index in [0.717, 1.165) is 0 Å². The lowest BCUT2D eigenvalue weighted by Crippen LogP contribution is -2.47. The number of carbonyl (C=O) groups excluding carboxylic acids is 3. The fourth-order valence-corrected chi connectivity index (χ4v) is 2.39. The van der Waals surface area contributed by atoms with Gasteiger partial charge in [-0.15, -0.1) is 0 Å². The summed E-state index contributed by atoms with van der Waals surface area (Å²) in [6.45, 7) is 8.16. The number of carbonyl (C=O) groups is 3. The maximum Gasteiger partial charge on any atom is 0.408 e. The average Bonchev–Trinajstić information content (AvgIpc) is 2.95. The van der Waals surface area contributed by atoms with Crippen LogP contribution in [-0.2, 0) is 28.6 Å². The van der Waals surface area contributed by atoms with Crippen LogP contribution in [0.5, 0.6) is 0 Å². The number of amides is 1. The number of esters is 2. The first kappa shape index (κ1) is 22.7. The van der Waals surface area contributed by atoms with Gasteiger partial charge in [-0.2, -0.15) is 0 Å². The molecule has 0 unspecified atom stereocenters. The van der Waals surface area contributed by atoms with Crippen molar-refractivity contribution in [3.8, 4) is 0 Å². The SMILES string of the molecule is CCOC(=O)C1=NO[C@H](C[C@H](NC(=O)OC(C)(C)C)C(=O)OCC)[C@@H]1CO. The molecule has 0 radical (unpaired) electrons. The van der Waals surface area contributed by atoms with Gasteiger partial charge in [-0.25, -0.2) is 14.4 Å². The van der Waals surface area contributed by atoms with Crippen LogP contribution < -0.4 is 5.32 Å². The summed E-state index contributed by atoms with van der Waals surface area (Å²) >= 11 is 0. The molecule has 1 aliphatic rings. The smallest absolute Gasteiger partial charge is 0.408 e. The highest BCUT2D eigenvalue weighted by Crippen LogP contribution is 2.24. The van der Waals surface area contributed by atoms with Gasteiger partial charge in [-0.05, 0) is 34.6 Å². The van der Waals surface area contributed by atoms with Gasteiger partial charge in [-0.1, -0.05) is 5.16 Å². The van der Waals surface area contributed by atoms with E-state index in [1.165, 1.54) is 0 Å². The lowest BCUT2D eigenvalue weighted by atomic mass is 9.93. The van der Waals surface area contributed by atoms with Crippen LogP contribution in [0.4, 0.5) is 4.79 Å². The zero-order valence-corrected chi connectivity index (χ0v) is 16.3. The zero-order valence-electron chi connectivity index (χ0n) is 16.3. The predicted octanol–water partition coefficient (Wildman–Crippen LogP) is 0.759. The summed E-state index contributed by atoms with van der Waals surface area (Å²) in [5.41, 5.74) is -0.815. The summed E-state index contributed by atoms with van der Waals surface area (Å²) in [7, 11) is 0. The molecule has 0 fully saturated rings. The normalized spacial score (nSPS) is 20.1. The van der Waals surface area contributed by atoms with Gasteiger partial charge >= 0.3 is 18.0 Å². The molecule has 0 bridgehead atoms. The van der Waals surface area contributed by atoms with E-state index in [-0.39, 0.29) is 25.3 Å². The fourth-order valence-electron chi connectivity index (χ4n) is 2.39. The van der Waals surface area contributed by atoms with Crippen LogP contribution in [-0.4, -0.2) is 66.4 Å². The molecule has 1 heterocycles. The zero-order chi connectivity index (χ0) is 20.6. The highest BCUT2D eigenvalue weighted by Gasteiger charge is 2.41. The lowest BCUT2D eigenvalue weighted by Gasteiger charge is -2.25. The van der Waals surface area contributed by atoms with Crippen LogP contribution in [0.25, 0.3) is 0 Å². The van der Waals surface area contributed by atoms with E-state index in [2.05, 4.69) is 10.5 Å². The second-order valence-electron chi connectivity index (χ2n) is 6.82. The Morgan fingerprint density at radius 1 is 1.22 bits per heavy atom. The van der Waals surface area contributed by atoms with Gasteiger partial charge in [-0.3, -0.25) is 0 Å². The number of nitrogens with zero attached hydrogens (tertiary/aromatic N) is 1. The number of alkyl carbamates (subject to hydrolysis) is 1. The Kier molecular flexibility index (Phi) is 8.48. The van der Waals surface area contributed by atoms with Crippen LogP contribution in [0, 0.1) is 5.92 Å². The van der Waals surface area contributed by atoms with Crippen molar-refractivity contribution in [1.82, 2.24) is 5.32 Å². The van der Waals surface area contributed by atoms with Crippen LogP contribution in [0.1, 0.15) is 41.0 Å². The second-order valence-corrected chi connectivity index (χ2v) is 6.82. The summed E-state index contributed by atoms with van der Waals surface area (Å²) in [6, 6.07) is -1.10. The second kappa shape index (κ2) is 10.1. The monoisotopic (exact) mass is 388 g/mol. The van der Waals surface area contributed by atoms with Crippen molar-refractivity contribution in [2.24, 2.45) is 11.1 Å². The predicted molar refractivity (Wildman–Crippen MR) is 93.9 cm³/mol. The topological polar surface area (TPSA) is 133 Å². The van der Waals surface area contributed by atoms with Crippen molar-refractivity contribution in [2.75, 3.05) is 19.8 Å². The Labute approximate surface area is 158 Å². The van der Waals surface area contributed by atoms with Gasteiger partial charge in [0.2, 0.25) is 0 Å². The molecule has 10 heteroatoms. The summed E-state index contributed by atoms with van der Waals surface area (Å²) in [5, 5.41) is 15.7. The van der Waals surface area contributed by atoms with E-state index in [1.54, 1.807) is 34.6 Å². The number of rotatable bonds is 8. The molecule has 1 amide bonds. The number of hydrogen-bond donors (Lipinski definition) is 2. The van der Waals surface area contributed by atoms with Gasteiger partial charge in [0.15, 0.2) is 5.71 Å². The van der Waals surface area contributed by atoms with Gasteiger partial charge in [0.25, 0.3) is 0 Å². The third-order valence-corrected chi connectivity index (χ3v) is 3.50. The van der Waals surface area contributed by atoms with E-state index in [9.17, 15) is 19.5 Å². The minimum atomic E-state index is -1.10. The molecule has 0 aliphatic carbocycles. The standard InChI is InChI=1S/C17H28N2O8/c1-6-24-14(21)11(18-16(23)26-17(3,4)5)8-12-10(9-20)13(19-27-12)15(22)25-7-2/h10-12,20H,6-9H2,1-5H3,(H,18,23)/t10-,11-,12+/m0/s1. The third kappa shape index (κ3) is 7.05. The van der Waals surface area contributed by atoms with Gasteiger partial charge in [0, 0.05) is 6.42 Å². The average molecular weight is 388 g/mol. The molecule has 0 aromatic rings. The fraction of sp³-hybridized carbons (Fsp3) is 0.765. The van der Waals surface area contributed by atoms with Crippen molar-refractivity contribution >= 4 is 23.7 Å². The van der Waals surface area contributed by atoms with E-state index in [4.69, 9.17) is 19.0 Å². The number of aliphatic hydroxyl groups is 1. The van der Waals surface area contributed by atoms with Gasteiger partial charge in [0.05, 0.1) is 25.7 Å². The quantitative estimate of drug-likeness (QED) is 0.460. The molecular weight excluding hydrogens is 360 g/mol. The van der Waals surface area contributed by atoms with E-state index >= 15 is 0 Å². The molecule has 3 atom stereocenters. The third-order valence-electron chi connectivity index (χ3n) is 3.50. The van der Waals surface area contributed by atoms with E-state index in [1.807, 2.05) is 0 Å². The molecule has 154 valence electrons. The van der Waals surface area contributed by atoms with Gasteiger partial charge < -0.3 is 29.5 Å². The maximum atomic E-state index is 12.2. The number of aliphatic hydroxyl groups excluding tert-OH is 1. The molecule has 10 nitrogen and oxygen atoms in total. The number of oxime groups is 1. The largest absolute Gasteiger partial charge is 0.464 e. The summed E-state index contributed by atoms with van der Waals surface area (Å²) < 4.78 is 15.0. The highest BCUT2D eigenvalue weighted by molar-refractivity contribution is 6.37. The van der Waals surface area contributed by atoms with Crippen molar-refractivity contribution in [1.29, 1.82) is 0 Å². The molecule has 1 aliphatic heterocycles. The van der Waals surface area contributed by atoms with E-state index in [0.29, 0.717) is 0 Å². The Balaban J connectivity index is 2.84. The van der Waals surface area contributed by atoms with Crippen molar-refractivity contribution in [3.05, 3.63) is 0 Å². The summed E-state index contributed by atoms with van der Waals surface area (Å²) in [6.07, 6.45) is -1.69. The van der Waals surface area contributed by atoms with E-state index < -0.39 is 48.3 Å². The van der Waals surface area contributed by atoms with Crippen molar-refractivity contribution in [2.45, 2.75) is 58.8 Å². The Morgan fingerprint density at radius 3 is 2.37 bits per heavy atom. The molecular formula is C17H28N2O8. The van der Waals surface area contributed by atoms with Crippen LogP contribution in [0.3, 0.4) is 0 Å². The van der Waals surface area contributed by atoms with Crippen LogP contribution >= 0.6 is 0 Å². The number of hydrogen-bond acceptors (Lipinski definition) is 9. The highest BCUT2D eigenvalue weighted by atomic mass is 16.6. The number of ether oxygens (including phenoxy) is 3. The lowest BCUT2D eigenvalue weighted by molar-refractivity contribution is -0.147. The van der Waals surface area contributed by atoms with Crippen LogP contribution in [0.15, 0.2) is 5.16 Å². The first-order valence-electron chi connectivity index (χ1n) is 8.80. The van der Waals surface area contributed by atoms with Crippen LogP contribution in [0.2, 0.25) is 0 Å². The molecule has 1 rings (SSSR count). The Hall–Kier alpha value is -2.36. The van der Waals surface area contributed by atoms with Crippen molar-refractivity contribution < 1.29 is 38.5 Å². The maximum absolute atomic E-state index is 12.2. The van der Waals surface area contributed by atoms with Gasteiger partial charge in [0.1, 0.15) is 17.7 Å². The Morgan fingerprint density at radius 2 is 1.85 bits per heavy atom. The Bertz CT molecular complexity index is 570. The summed E-state index contributed by atoms with van der Waals surface area (Å²) in [5.74, 6) is -2.18. The molecule has 0 spiro atoms. The minimum Gasteiger partial charge on any atom is -0.464 e. The molecule has 2 N–H and O–H groups in total. The van der Waals surface area contributed by atoms with Crippen molar-refractivity contribution in [3.63, 3.8) is 0 Å². The molecule has 0 saturated carbocycles. The molecule has 0 aromatic heterocycles. The summed E-state index contributed by atoms with van der Waals surface area (Å²) in [4.78, 5) is 41.3. The molecule has 0 aromatic carbocycles.